The highest BCUT2D eigenvalue weighted by molar-refractivity contribution is 9.10. The summed E-state index contributed by atoms with van der Waals surface area (Å²) < 4.78 is 12.0. The number of halogens is 1. The van der Waals surface area contributed by atoms with E-state index in [-0.39, 0.29) is 13.2 Å². The summed E-state index contributed by atoms with van der Waals surface area (Å²) in [5, 5.41) is 6.35. The lowest BCUT2D eigenvalue weighted by Gasteiger charge is -2.25. The Labute approximate surface area is 158 Å². The van der Waals surface area contributed by atoms with Gasteiger partial charge in [-0.1, -0.05) is 40.2 Å². The van der Waals surface area contributed by atoms with E-state index in [2.05, 4.69) is 31.8 Å². The van der Waals surface area contributed by atoms with Gasteiger partial charge in [0.05, 0.1) is 12.8 Å². The molecule has 3 rings (SSSR count). The molecule has 0 saturated carbocycles. The minimum absolute atomic E-state index is 0.0895. The third-order valence-electron chi connectivity index (χ3n) is 3.50. The fraction of sp³-hybridized carbons (Fsp3) is 0.167. The van der Waals surface area contributed by atoms with Crippen LogP contribution in [0.2, 0.25) is 0 Å². The Morgan fingerprint density at radius 3 is 2.65 bits per heavy atom. The fourth-order valence-corrected chi connectivity index (χ4v) is 2.46. The van der Waals surface area contributed by atoms with Crippen LogP contribution in [0.5, 0.6) is 11.5 Å². The number of hydrogen-bond donors (Lipinski definition) is 2. The highest BCUT2D eigenvalue weighted by Crippen LogP contribution is 2.30. The van der Waals surface area contributed by atoms with Crippen molar-refractivity contribution in [2.24, 2.45) is 5.10 Å². The van der Waals surface area contributed by atoms with Gasteiger partial charge in [0.2, 0.25) is 6.10 Å². The lowest BCUT2D eigenvalue weighted by atomic mass is 10.2. The van der Waals surface area contributed by atoms with Crippen molar-refractivity contribution in [1.29, 1.82) is 0 Å². The molecule has 26 heavy (non-hydrogen) atoms. The van der Waals surface area contributed by atoms with Crippen LogP contribution < -0.4 is 20.2 Å². The zero-order valence-electron chi connectivity index (χ0n) is 13.6. The van der Waals surface area contributed by atoms with Crippen LogP contribution in [-0.2, 0) is 9.59 Å². The van der Waals surface area contributed by atoms with Gasteiger partial charge in [0.25, 0.3) is 11.8 Å². The molecular formula is C18H16BrN3O4. The maximum Gasteiger partial charge on any atom is 0.265 e. The molecule has 2 aromatic carbocycles. The van der Waals surface area contributed by atoms with E-state index in [1.54, 1.807) is 18.2 Å². The fourth-order valence-electron chi connectivity index (χ4n) is 2.20. The van der Waals surface area contributed by atoms with Crippen molar-refractivity contribution < 1.29 is 19.1 Å². The third kappa shape index (κ3) is 4.82. The molecule has 134 valence electrons. The highest BCUT2D eigenvalue weighted by Gasteiger charge is 2.27. The normalized spacial score (nSPS) is 15.5. The SMILES string of the molecule is O=C(CNC(=O)C1COc2ccccc2O1)NN=Cc1ccc(Br)cc1. The van der Waals surface area contributed by atoms with Crippen molar-refractivity contribution in [3.8, 4) is 11.5 Å². The van der Waals surface area contributed by atoms with Crippen LogP contribution in [0.4, 0.5) is 0 Å². The number of benzene rings is 2. The van der Waals surface area contributed by atoms with Gasteiger partial charge in [0.15, 0.2) is 11.5 Å². The van der Waals surface area contributed by atoms with E-state index in [4.69, 9.17) is 9.47 Å². The lowest BCUT2D eigenvalue weighted by Crippen LogP contribution is -2.46. The zero-order valence-corrected chi connectivity index (χ0v) is 15.2. The average molecular weight is 418 g/mol. The average Bonchev–Trinajstić information content (AvgIpc) is 2.67. The summed E-state index contributed by atoms with van der Waals surface area (Å²) in [6, 6.07) is 14.5. The van der Waals surface area contributed by atoms with Crippen molar-refractivity contribution in [1.82, 2.24) is 10.7 Å². The molecular weight excluding hydrogens is 402 g/mol. The van der Waals surface area contributed by atoms with E-state index in [1.165, 1.54) is 6.21 Å². The molecule has 0 spiro atoms. The first-order valence-electron chi connectivity index (χ1n) is 7.85. The molecule has 0 aromatic heterocycles. The van der Waals surface area contributed by atoms with Crippen LogP contribution in [0.3, 0.4) is 0 Å². The van der Waals surface area contributed by atoms with Crippen molar-refractivity contribution in [3.63, 3.8) is 0 Å². The Kier molecular flexibility index (Phi) is 5.85. The largest absolute Gasteiger partial charge is 0.485 e. The number of para-hydroxylation sites is 2. The van der Waals surface area contributed by atoms with Gasteiger partial charge in [-0.2, -0.15) is 5.10 Å². The number of nitrogens with zero attached hydrogens (tertiary/aromatic N) is 1. The van der Waals surface area contributed by atoms with Crippen LogP contribution in [0.1, 0.15) is 5.56 Å². The highest BCUT2D eigenvalue weighted by atomic mass is 79.9. The maximum absolute atomic E-state index is 12.1. The number of ether oxygens (including phenoxy) is 2. The Hall–Kier alpha value is -2.87. The van der Waals surface area contributed by atoms with Gasteiger partial charge in [-0.15, -0.1) is 0 Å². The first-order chi connectivity index (χ1) is 12.6. The minimum atomic E-state index is -0.802. The van der Waals surface area contributed by atoms with Crippen molar-refractivity contribution in [2.75, 3.05) is 13.2 Å². The quantitative estimate of drug-likeness (QED) is 0.573. The monoisotopic (exact) mass is 417 g/mol. The van der Waals surface area contributed by atoms with Gasteiger partial charge >= 0.3 is 0 Å². The number of rotatable bonds is 5. The number of hydrogen-bond acceptors (Lipinski definition) is 5. The van der Waals surface area contributed by atoms with Gasteiger partial charge in [-0.3, -0.25) is 9.59 Å². The molecule has 7 nitrogen and oxygen atoms in total. The maximum atomic E-state index is 12.1. The van der Waals surface area contributed by atoms with Crippen LogP contribution in [0.25, 0.3) is 0 Å². The van der Waals surface area contributed by atoms with Crippen LogP contribution >= 0.6 is 15.9 Å². The Morgan fingerprint density at radius 1 is 1.15 bits per heavy atom. The number of fused-ring (bicyclic) bond motifs is 1. The standard InChI is InChI=1S/C18H16BrN3O4/c19-13-7-5-12(6-8-13)9-21-22-17(23)10-20-18(24)16-11-25-14-3-1-2-4-15(14)26-16/h1-9,16H,10-11H2,(H,20,24)(H,22,23). The molecule has 8 heteroatoms. The van der Waals surface area contributed by atoms with Gasteiger partial charge in [-0.05, 0) is 29.8 Å². The van der Waals surface area contributed by atoms with E-state index in [0.717, 1.165) is 10.0 Å². The number of amides is 2. The van der Waals surface area contributed by atoms with Crippen molar-refractivity contribution >= 4 is 34.0 Å². The smallest absolute Gasteiger partial charge is 0.265 e. The van der Waals surface area contributed by atoms with Gasteiger partial charge in [0.1, 0.15) is 6.61 Å². The van der Waals surface area contributed by atoms with Crippen molar-refractivity contribution in [3.05, 3.63) is 58.6 Å². The molecule has 0 saturated heterocycles. The van der Waals surface area contributed by atoms with E-state index in [1.807, 2.05) is 30.3 Å². The number of carbonyl (C=O) groups excluding carboxylic acids is 2. The first-order valence-corrected chi connectivity index (χ1v) is 8.65. The molecule has 1 aliphatic rings. The molecule has 1 heterocycles. The second kappa shape index (κ2) is 8.48. The number of carbonyl (C=O) groups is 2. The second-order valence-corrected chi connectivity index (χ2v) is 6.34. The van der Waals surface area contributed by atoms with E-state index in [0.29, 0.717) is 11.5 Å². The van der Waals surface area contributed by atoms with Crippen LogP contribution in [0, 0.1) is 0 Å². The Morgan fingerprint density at radius 2 is 1.88 bits per heavy atom. The zero-order chi connectivity index (χ0) is 18.4. The summed E-state index contributed by atoms with van der Waals surface area (Å²) in [4.78, 5) is 23.9. The van der Waals surface area contributed by atoms with E-state index < -0.39 is 17.9 Å². The summed E-state index contributed by atoms with van der Waals surface area (Å²) in [5.41, 5.74) is 3.19. The molecule has 1 aliphatic heterocycles. The Bertz CT molecular complexity index is 823. The van der Waals surface area contributed by atoms with Crippen LogP contribution in [0.15, 0.2) is 58.1 Å². The topological polar surface area (TPSA) is 89.0 Å². The summed E-state index contributed by atoms with van der Waals surface area (Å²) in [6.07, 6.45) is 0.713. The van der Waals surface area contributed by atoms with E-state index >= 15 is 0 Å². The molecule has 0 bridgehead atoms. The molecule has 0 radical (unpaired) electrons. The molecule has 1 atom stereocenters. The molecule has 2 amide bonds. The summed E-state index contributed by atoms with van der Waals surface area (Å²) in [5.74, 6) is 0.231. The molecule has 2 aromatic rings. The number of nitrogens with one attached hydrogen (secondary N) is 2. The molecule has 0 fully saturated rings. The first kappa shape index (κ1) is 17.9. The number of hydrazone groups is 1. The third-order valence-corrected chi connectivity index (χ3v) is 4.03. The van der Waals surface area contributed by atoms with E-state index in [9.17, 15) is 9.59 Å². The van der Waals surface area contributed by atoms with Crippen LogP contribution in [-0.4, -0.2) is 37.3 Å². The van der Waals surface area contributed by atoms with Gasteiger partial charge in [-0.25, -0.2) is 5.43 Å². The van der Waals surface area contributed by atoms with Gasteiger partial charge < -0.3 is 14.8 Å². The Balaban J connectivity index is 1.43. The molecule has 1 unspecified atom stereocenters. The summed E-state index contributed by atoms with van der Waals surface area (Å²) >= 11 is 3.34. The lowest BCUT2D eigenvalue weighted by molar-refractivity contribution is -0.132. The van der Waals surface area contributed by atoms with Gasteiger partial charge in [0, 0.05) is 4.47 Å². The minimum Gasteiger partial charge on any atom is -0.485 e. The second-order valence-electron chi connectivity index (χ2n) is 5.43. The molecule has 2 N–H and O–H groups in total. The summed E-state index contributed by atoms with van der Waals surface area (Å²) in [7, 11) is 0. The predicted molar refractivity (Wildman–Crippen MR) is 99.2 cm³/mol. The summed E-state index contributed by atoms with van der Waals surface area (Å²) in [6.45, 7) is -0.121. The van der Waals surface area contributed by atoms with Crippen molar-refractivity contribution in [2.45, 2.75) is 6.10 Å². The predicted octanol–water partition coefficient (Wildman–Crippen LogP) is 1.86. The molecule has 0 aliphatic carbocycles.